The van der Waals surface area contributed by atoms with Crippen LogP contribution >= 0.6 is 0 Å². The number of carbonyl (C=O) groups is 2. The van der Waals surface area contributed by atoms with Crippen LogP contribution in [0.5, 0.6) is 11.6 Å². The number of hydrogen-bond acceptors (Lipinski definition) is 7. The van der Waals surface area contributed by atoms with E-state index >= 15 is 0 Å². The summed E-state index contributed by atoms with van der Waals surface area (Å²) in [6.07, 6.45) is 4.41. The topological polar surface area (TPSA) is 122 Å². The minimum absolute atomic E-state index is 0.156. The van der Waals surface area contributed by atoms with Crippen molar-refractivity contribution in [1.29, 1.82) is 0 Å². The largest absolute Gasteiger partial charge is 0.497 e. The summed E-state index contributed by atoms with van der Waals surface area (Å²) in [7, 11) is 1.65. The molecular formula is C27H36N4O5. The van der Waals surface area contributed by atoms with E-state index in [1.54, 1.807) is 7.11 Å². The van der Waals surface area contributed by atoms with Crippen LogP contribution < -0.4 is 25.4 Å². The molecule has 2 aliphatic carbocycles. The lowest BCUT2D eigenvalue weighted by Gasteiger charge is -2.24. The molecule has 3 fully saturated rings. The molecule has 3 aliphatic rings. The third-order valence-electron chi connectivity index (χ3n) is 7.20. The van der Waals surface area contributed by atoms with Gasteiger partial charge in [0, 0.05) is 36.0 Å². The predicted molar refractivity (Wildman–Crippen MR) is 135 cm³/mol. The normalized spacial score (nSPS) is 23.2. The summed E-state index contributed by atoms with van der Waals surface area (Å²) in [6, 6.07) is 7.04. The first kappa shape index (κ1) is 24.8. The number of aromatic nitrogens is 1. The summed E-state index contributed by atoms with van der Waals surface area (Å²) >= 11 is 0. The van der Waals surface area contributed by atoms with Crippen LogP contribution in [0.3, 0.4) is 0 Å². The van der Waals surface area contributed by atoms with Crippen molar-refractivity contribution in [2.75, 3.05) is 13.7 Å². The minimum Gasteiger partial charge on any atom is -0.497 e. The number of nitrogens with zero attached hydrogens (tertiary/aromatic N) is 1. The van der Waals surface area contributed by atoms with Gasteiger partial charge in [-0.25, -0.2) is 4.98 Å². The molecule has 0 radical (unpaired) electrons. The van der Waals surface area contributed by atoms with Crippen molar-refractivity contribution in [1.82, 2.24) is 20.9 Å². The van der Waals surface area contributed by atoms with Gasteiger partial charge in [0.05, 0.1) is 19.2 Å². The third kappa shape index (κ3) is 5.73. The van der Waals surface area contributed by atoms with Gasteiger partial charge in [-0.2, -0.15) is 0 Å². The average Bonchev–Trinajstić information content (AvgIpc) is 3.82. The molecule has 0 bridgehead atoms. The van der Waals surface area contributed by atoms with Crippen LogP contribution in [0.2, 0.25) is 0 Å². The van der Waals surface area contributed by atoms with E-state index in [1.807, 2.05) is 25.1 Å². The first-order valence-corrected chi connectivity index (χ1v) is 13.1. The van der Waals surface area contributed by atoms with Crippen LogP contribution in [0, 0.1) is 0 Å². The second kappa shape index (κ2) is 10.6. The quantitative estimate of drug-likeness (QED) is 0.376. The number of ether oxygens (including phenoxy) is 2. The van der Waals surface area contributed by atoms with Crippen LogP contribution in [0.15, 0.2) is 24.3 Å². The summed E-state index contributed by atoms with van der Waals surface area (Å²) < 4.78 is 11.7. The second-order valence-electron chi connectivity index (χ2n) is 10.3. The molecule has 1 saturated heterocycles. The van der Waals surface area contributed by atoms with Gasteiger partial charge in [-0.3, -0.25) is 9.59 Å². The van der Waals surface area contributed by atoms with Crippen LogP contribution in [0.4, 0.5) is 0 Å². The van der Waals surface area contributed by atoms with E-state index in [1.165, 1.54) is 0 Å². The van der Waals surface area contributed by atoms with E-state index in [2.05, 4.69) is 22.0 Å². The van der Waals surface area contributed by atoms with Crippen LogP contribution in [0.25, 0.3) is 10.8 Å². The average molecular weight is 497 g/mol. The van der Waals surface area contributed by atoms with Gasteiger partial charge in [-0.1, -0.05) is 13.3 Å². The van der Waals surface area contributed by atoms with Gasteiger partial charge in [0.2, 0.25) is 11.8 Å². The molecule has 36 heavy (non-hydrogen) atoms. The van der Waals surface area contributed by atoms with Crippen molar-refractivity contribution in [3.05, 3.63) is 30.0 Å². The molecule has 4 N–H and O–H groups in total. The van der Waals surface area contributed by atoms with Crippen LogP contribution in [-0.4, -0.2) is 65.9 Å². The molecule has 2 saturated carbocycles. The number of nitrogens with one attached hydrogen (secondary N) is 3. The van der Waals surface area contributed by atoms with Gasteiger partial charge in [0.1, 0.15) is 11.9 Å². The number of carbonyl (C=O) groups excluding carboxylic acids is 2. The summed E-state index contributed by atoms with van der Waals surface area (Å²) in [4.78, 5) is 30.2. The Bertz CT molecular complexity index is 1120. The smallest absolute Gasteiger partial charge is 0.251 e. The fraction of sp³-hybridized carbons (Fsp3) is 0.593. The van der Waals surface area contributed by atoms with E-state index in [9.17, 15) is 14.7 Å². The SMILES string of the molecule is CCC[C@H](NC(=O)[C@@H]1C[C@@H](Oc2nc(C3CC3)cc3cc(OC)ccc23)CN1)C(O)C(=O)NC1CC1. The molecular weight excluding hydrogens is 460 g/mol. The number of benzene rings is 1. The van der Waals surface area contributed by atoms with E-state index in [-0.39, 0.29) is 18.1 Å². The molecule has 1 unspecified atom stereocenters. The van der Waals surface area contributed by atoms with Gasteiger partial charge in [0.25, 0.3) is 5.91 Å². The monoisotopic (exact) mass is 496 g/mol. The Kier molecular flexibility index (Phi) is 7.29. The molecule has 2 amide bonds. The lowest BCUT2D eigenvalue weighted by molar-refractivity contribution is -0.132. The summed E-state index contributed by atoms with van der Waals surface area (Å²) in [5.74, 6) is 1.20. The highest BCUT2D eigenvalue weighted by Crippen LogP contribution is 2.42. The maximum absolute atomic E-state index is 13.0. The van der Waals surface area contributed by atoms with Crippen LogP contribution in [-0.2, 0) is 9.59 Å². The third-order valence-corrected chi connectivity index (χ3v) is 7.20. The molecule has 194 valence electrons. The maximum Gasteiger partial charge on any atom is 0.251 e. The fourth-order valence-corrected chi connectivity index (χ4v) is 4.78. The van der Waals surface area contributed by atoms with E-state index in [4.69, 9.17) is 14.5 Å². The summed E-state index contributed by atoms with van der Waals surface area (Å²) in [5, 5.41) is 21.4. The van der Waals surface area contributed by atoms with E-state index in [0.29, 0.717) is 31.2 Å². The van der Waals surface area contributed by atoms with Crippen molar-refractivity contribution in [2.24, 2.45) is 0 Å². The lowest BCUT2D eigenvalue weighted by Crippen LogP contribution is -2.54. The number of hydrogen-bond donors (Lipinski definition) is 4. The fourth-order valence-electron chi connectivity index (χ4n) is 4.78. The molecule has 9 heteroatoms. The number of methoxy groups -OCH3 is 1. The molecule has 0 spiro atoms. The lowest BCUT2D eigenvalue weighted by atomic mass is 10.0. The van der Waals surface area contributed by atoms with Crippen molar-refractivity contribution in [3.8, 4) is 11.6 Å². The number of amides is 2. The van der Waals surface area contributed by atoms with Crippen LogP contribution in [0.1, 0.15) is 63.5 Å². The molecule has 2 aromatic rings. The Balaban J connectivity index is 1.23. The van der Waals surface area contributed by atoms with E-state index in [0.717, 1.165) is 54.3 Å². The van der Waals surface area contributed by atoms with Crippen molar-refractivity contribution in [2.45, 2.75) is 88.1 Å². The Morgan fingerprint density at radius 2 is 2.03 bits per heavy atom. The maximum atomic E-state index is 13.0. The Labute approximate surface area is 211 Å². The van der Waals surface area contributed by atoms with E-state index < -0.39 is 24.1 Å². The number of rotatable bonds is 11. The minimum atomic E-state index is -1.26. The molecule has 1 aliphatic heterocycles. The van der Waals surface area contributed by atoms with Gasteiger partial charge in [-0.15, -0.1) is 0 Å². The van der Waals surface area contributed by atoms with Crippen molar-refractivity contribution >= 4 is 22.6 Å². The first-order valence-electron chi connectivity index (χ1n) is 13.1. The number of fused-ring (bicyclic) bond motifs is 1. The molecule has 5 rings (SSSR count). The Morgan fingerprint density at radius 1 is 1.22 bits per heavy atom. The number of aliphatic hydroxyl groups is 1. The number of aliphatic hydroxyl groups excluding tert-OH is 1. The van der Waals surface area contributed by atoms with Crippen molar-refractivity contribution in [3.63, 3.8) is 0 Å². The highest BCUT2D eigenvalue weighted by atomic mass is 16.5. The zero-order valence-corrected chi connectivity index (χ0v) is 21.0. The predicted octanol–water partition coefficient (Wildman–Crippen LogP) is 2.15. The zero-order valence-electron chi connectivity index (χ0n) is 21.0. The zero-order chi connectivity index (χ0) is 25.2. The van der Waals surface area contributed by atoms with Gasteiger partial charge < -0.3 is 30.5 Å². The molecule has 4 atom stereocenters. The van der Waals surface area contributed by atoms with Gasteiger partial charge >= 0.3 is 0 Å². The van der Waals surface area contributed by atoms with Gasteiger partial charge in [-0.05, 0) is 61.8 Å². The summed E-state index contributed by atoms with van der Waals surface area (Å²) in [5.41, 5.74) is 1.03. The highest BCUT2D eigenvalue weighted by molar-refractivity contribution is 5.89. The molecule has 1 aromatic carbocycles. The summed E-state index contributed by atoms with van der Waals surface area (Å²) in [6.45, 7) is 2.47. The highest BCUT2D eigenvalue weighted by Gasteiger charge is 2.36. The standard InChI is InChI=1S/C27H36N4O5/c1-3-4-21(24(32)26(34)29-17-7-8-17)30-25(33)23-13-19(14-28-23)36-27-20-10-9-18(35-2)11-16(20)12-22(31-27)15-5-6-15/h9-12,15,17,19,21,23-24,28,32H,3-8,13-14H2,1-2H3,(H,29,34)(H,30,33)/t19-,21+,23+,24?/m1/s1. The molecule has 2 heterocycles. The Hall–Kier alpha value is -2.91. The second-order valence-corrected chi connectivity index (χ2v) is 10.3. The van der Waals surface area contributed by atoms with Gasteiger partial charge in [0.15, 0.2) is 6.10 Å². The first-order chi connectivity index (χ1) is 17.4. The number of pyridine rings is 1. The molecule has 1 aromatic heterocycles. The van der Waals surface area contributed by atoms with Crippen molar-refractivity contribution < 1.29 is 24.2 Å². The Morgan fingerprint density at radius 3 is 2.72 bits per heavy atom. The molecule has 9 nitrogen and oxygen atoms in total.